The number of rotatable bonds is 9. The second kappa shape index (κ2) is 11.1. The molecule has 0 aliphatic heterocycles. The number of benzene rings is 2. The van der Waals surface area contributed by atoms with Gasteiger partial charge in [-0.3, -0.25) is 4.79 Å². The number of anilines is 1. The van der Waals surface area contributed by atoms with Crippen molar-refractivity contribution in [1.82, 2.24) is 14.6 Å². The predicted molar refractivity (Wildman–Crippen MR) is 140 cm³/mol. The van der Waals surface area contributed by atoms with Crippen LogP contribution in [0.2, 0.25) is 0 Å². The lowest BCUT2D eigenvalue weighted by Crippen LogP contribution is -2.14. The summed E-state index contributed by atoms with van der Waals surface area (Å²) in [6.07, 6.45) is 0.783. The summed E-state index contributed by atoms with van der Waals surface area (Å²) in [5.74, 6) is 0.831. The van der Waals surface area contributed by atoms with Crippen molar-refractivity contribution in [3.63, 3.8) is 0 Å². The van der Waals surface area contributed by atoms with Crippen LogP contribution in [0.15, 0.2) is 48.5 Å². The summed E-state index contributed by atoms with van der Waals surface area (Å²) in [6.45, 7) is 5.99. The SMILES string of the molecule is CCOC(=O)c1ccc(NC(=O)CCc2c(C)nc3cc(-c4cc(OC)cc(OC)c4)nn3c2C)cc1. The van der Waals surface area contributed by atoms with Crippen molar-refractivity contribution >= 4 is 23.2 Å². The van der Waals surface area contributed by atoms with Crippen molar-refractivity contribution in [2.45, 2.75) is 33.6 Å². The van der Waals surface area contributed by atoms with Crippen LogP contribution in [0.1, 0.15) is 40.7 Å². The number of esters is 1. The van der Waals surface area contributed by atoms with E-state index >= 15 is 0 Å². The molecule has 0 aliphatic rings. The molecule has 4 rings (SSSR count). The van der Waals surface area contributed by atoms with Crippen LogP contribution in [0.5, 0.6) is 11.5 Å². The summed E-state index contributed by atoms with van der Waals surface area (Å²) in [4.78, 5) is 29.2. The van der Waals surface area contributed by atoms with Gasteiger partial charge in [-0.2, -0.15) is 5.10 Å². The Morgan fingerprint density at radius 2 is 1.65 bits per heavy atom. The number of fused-ring (bicyclic) bond motifs is 1. The Morgan fingerprint density at radius 1 is 0.973 bits per heavy atom. The molecular weight excluding hydrogens is 472 g/mol. The Bertz CT molecular complexity index is 1420. The minimum absolute atomic E-state index is 0.132. The summed E-state index contributed by atoms with van der Waals surface area (Å²) >= 11 is 0. The molecule has 9 nitrogen and oxygen atoms in total. The Morgan fingerprint density at radius 3 is 2.27 bits per heavy atom. The second-order valence-corrected chi connectivity index (χ2v) is 8.51. The van der Waals surface area contributed by atoms with E-state index in [0.29, 0.717) is 35.8 Å². The normalized spacial score (nSPS) is 10.8. The third kappa shape index (κ3) is 5.72. The Kier molecular flexibility index (Phi) is 7.71. The lowest BCUT2D eigenvalue weighted by atomic mass is 10.1. The largest absolute Gasteiger partial charge is 0.497 e. The number of amides is 1. The Hall–Kier alpha value is -4.40. The summed E-state index contributed by atoms with van der Waals surface area (Å²) in [7, 11) is 3.22. The fourth-order valence-electron chi connectivity index (χ4n) is 4.15. The van der Waals surface area contributed by atoms with E-state index in [4.69, 9.17) is 24.3 Å². The van der Waals surface area contributed by atoms with E-state index in [0.717, 1.165) is 33.9 Å². The van der Waals surface area contributed by atoms with Gasteiger partial charge in [-0.05, 0) is 69.2 Å². The molecule has 9 heteroatoms. The average molecular weight is 503 g/mol. The first-order valence-electron chi connectivity index (χ1n) is 12.0. The first-order valence-corrected chi connectivity index (χ1v) is 12.0. The summed E-state index contributed by atoms with van der Waals surface area (Å²) in [5, 5.41) is 7.65. The van der Waals surface area contributed by atoms with Crippen LogP contribution in [0.3, 0.4) is 0 Å². The van der Waals surface area contributed by atoms with E-state index in [1.54, 1.807) is 49.9 Å². The fraction of sp³-hybridized carbons (Fsp3) is 0.286. The minimum atomic E-state index is -0.387. The number of methoxy groups -OCH3 is 2. The van der Waals surface area contributed by atoms with Crippen LogP contribution in [0, 0.1) is 13.8 Å². The van der Waals surface area contributed by atoms with Crippen LogP contribution in [-0.4, -0.2) is 47.3 Å². The number of nitrogens with one attached hydrogen (secondary N) is 1. The van der Waals surface area contributed by atoms with Gasteiger partial charge in [0.25, 0.3) is 0 Å². The van der Waals surface area contributed by atoms with Crippen molar-refractivity contribution in [1.29, 1.82) is 0 Å². The van der Waals surface area contributed by atoms with Gasteiger partial charge in [0.2, 0.25) is 5.91 Å². The molecule has 0 bridgehead atoms. The maximum absolute atomic E-state index is 12.6. The highest BCUT2D eigenvalue weighted by Gasteiger charge is 2.16. The maximum atomic E-state index is 12.6. The van der Waals surface area contributed by atoms with Crippen LogP contribution in [0.25, 0.3) is 16.9 Å². The van der Waals surface area contributed by atoms with Gasteiger partial charge < -0.3 is 19.5 Å². The van der Waals surface area contributed by atoms with Crippen LogP contribution in [-0.2, 0) is 16.0 Å². The fourth-order valence-corrected chi connectivity index (χ4v) is 4.15. The highest BCUT2D eigenvalue weighted by molar-refractivity contribution is 5.93. The molecule has 192 valence electrons. The predicted octanol–water partition coefficient (Wildman–Crippen LogP) is 4.78. The first-order chi connectivity index (χ1) is 17.8. The third-order valence-corrected chi connectivity index (χ3v) is 6.09. The number of hydrogen-bond donors (Lipinski definition) is 1. The van der Waals surface area contributed by atoms with E-state index in [2.05, 4.69) is 5.32 Å². The Balaban J connectivity index is 1.50. The van der Waals surface area contributed by atoms with Gasteiger partial charge >= 0.3 is 5.97 Å². The highest BCUT2D eigenvalue weighted by Crippen LogP contribution is 2.30. The number of ether oxygens (including phenoxy) is 3. The lowest BCUT2D eigenvalue weighted by Gasteiger charge is -2.11. The van der Waals surface area contributed by atoms with E-state index in [1.165, 1.54) is 0 Å². The Labute approximate surface area is 215 Å². The van der Waals surface area contributed by atoms with Crippen LogP contribution in [0.4, 0.5) is 5.69 Å². The first kappa shape index (κ1) is 25.7. The van der Waals surface area contributed by atoms with Crippen molar-refractivity contribution in [2.24, 2.45) is 0 Å². The van der Waals surface area contributed by atoms with Crippen LogP contribution >= 0.6 is 0 Å². The van der Waals surface area contributed by atoms with Crippen molar-refractivity contribution in [3.8, 4) is 22.8 Å². The van der Waals surface area contributed by atoms with Gasteiger partial charge in [-0.25, -0.2) is 14.3 Å². The zero-order valence-electron chi connectivity index (χ0n) is 21.6. The van der Waals surface area contributed by atoms with E-state index in [9.17, 15) is 9.59 Å². The quantitative estimate of drug-likeness (QED) is 0.329. The zero-order chi connectivity index (χ0) is 26.5. The molecule has 0 atom stereocenters. The van der Waals surface area contributed by atoms with Crippen LogP contribution < -0.4 is 14.8 Å². The molecule has 1 amide bonds. The van der Waals surface area contributed by atoms with Gasteiger partial charge in [0.1, 0.15) is 11.5 Å². The molecule has 0 spiro atoms. The molecule has 2 aromatic carbocycles. The molecular formula is C28H30N4O5. The number of aromatic nitrogens is 3. The molecule has 0 fully saturated rings. The number of nitrogens with zero attached hydrogens (tertiary/aromatic N) is 3. The third-order valence-electron chi connectivity index (χ3n) is 6.09. The number of carbonyl (C=O) groups excluding carboxylic acids is 2. The topological polar surface area (TPSA) is 104 Å². The molecule has 0 unspecified atom stereocenters. The van der Waals surface area contributed by atoms with Crippen molar-refractivity contribution < 1.29 is 23.8 Å². The van der Waals surface area contributed by atoms with E-state index in [-0.39, 0.29) is 18.3 Å². The van der Waals surface area contributed by atoms with E-state index in [1.807, 2.05) is 38.1 Å². The van der Waals surface area contributed by atoms with Gasteiger partial charge in [-0.1, -0.05) is 0 Å². The van der Waals surface area contributed by atoms with Gasteiger partial charge in [0.15, 0.2) is 5.65 Å². The molecule has 1 N–H and O–H groups in total. The molecule has 0 saturated carbocycles. The van der Waals surface area contributed by atoms with Crippen molar-refractivity contribution in [3.05, 3.63) is 71.0 Å². The summed E-state index contributed by atoms with van der Waals surface area (Å²) in [5.41, 5.74) is 6.13. The average Bonchev–Trinajstić information content (AvgIpc) is 3.33. The molecule has 37 heavy (non-hydrogen) atoms. The molecule has 0 radical (unpaired) electrons. The minimum Gasteiger partial charge on any atom is -0.497 e. The highest BCUT2D eigenvalue weighted by atomic mass is 16.5. The molecule has 0 aliphatic carbocycles. The van der Waals surface area contributed by atoms with Gasteiger partial charge in [0, 0.05) is 41.2 Å². The molecule has 4 aromatic rings. The van der Waals surface area contributed by atoms with Gasteiger partial charge in [0.05, 0.1) is 32.1 Å². The number of hydrogen-bond acceptors (Lipinski definition) is 7. The number of carbonyl (C=O) groups is 2. The molecule has 2 heterocycles. The second-order valence-electron chi connectivity index (χ2n) is 8.51. The monoisotopic (exact) mass is 502 g/mol. The maximum Gasteiger partial charge on any atom is 0.338 e. The summed E-state index contributed by atoms with van der Waals surface area (Å²) < 4.78 is 17.6. The number of aryl methyl sites for hydroxylation is 2. The standard InChI is InChI=1S/C28H30N4O5/c1-6-37-28(34)19-7-9-21(10-8-19)30-27(33)12-11-24-17(2)29-26-16-25(31-32(26)18(24)3)20-13-22(35-4)15-23(14-20)36-5/h7-10,13-16H,6,11-12H2,1-5H3,(H,30,33). The zero-order valence-corrected chi connectivity index (χ0v) is 21.6. The molecule has 0 saturated heterocycles. The van der Waals surface area contributed by atoms with Gasteiger partial charge in [-0.15, -0.1) is 0 Å². The lowest BCUT2D eigenvalue weighted by molar-refractivity contribution is -0.116. The van der Waals surface area contributed by atoms with Crippen molar-refractivity contribution in [2.75, 3.05) is 26.1 Å². The smallest absolute Gasteiger partial charge is 0.338 e. The molecule has 2 aromatic heterocycles. The summed E-state index contributed by atoms with van der Waals surface area (Å²) in [6, 6.07) is 14.2. The van der Waals surface area contributed by atoms with E-state index < -0.39 is 0 Å².